The van der Waals surface area contributed by atoms with E-state index in [0.29, 0.717) is 5.92 Å². The molecule has 1 N–H and O–H groups in total. The SMILES string of the molecule is CC1(C)[C@@H]2CC[C@@]1(C)[C@H](NC(=O)C1(c3cccc(F)c3)CCCC1)C2. The van der Waals surface area contributed by atoms with Crippen LogP contribution >= 0.6 is 0 Å². The first-order valence-electron chi connectivity index (χ1n) is 9.87. The first-order chi connectivity index (χ1) is 11.8. The van der Waals surface area contributed by atoms with E-state index in [1.807, 2.05) is 6.07 Å². The van der Waals surface area contributed by atoms with Crippen molar-refractivity contribution in [2.75, 3.05) is 0 Å². The summed E-state index contributed by atoms with van der Waals surface area (Å²) in [4.78, 5) is 13.4. The van der Waals surface area contributed by atoms with Crippen molar-refractivity contribution in [2.24, 2.45) is 16.7 Å². The van der Waals surface area contributed by atoms with Crippen molar-refractivity contribution in [1.82, 2.24) is 5.32 Å². The zero-order chi connectivity index (χ0) is 17.9. The zero-order valence-electron chi connectivity index (χ0n) is 15.7. The minimum Gasteiger partial charge on any atom is -0.352 e. The van der Waals surface area contributed by atoms with Gasteiger partial charge in [0.05, 0.1) is 5.41 Å². The van der Waals surface area contributed by atoms with Crippen LogP contribution in [0, 0.1) is 22.6 Å². The highest BCUT2D eigenvalue weighted by Crippen LogP contribution is 2.65. The second-order valence-electron chi connectivity index (χ2n) is 9.44. The van der Waals surface area contributed by atoms with Crippen molar-refractivity contribution in [3.63, 3.8) is 0 Å². The Bertz CT molecular complexity index is 691. The molecule has 136 valence electrons. The summed E-state index contributed by atoms with van der Waals surface area (Å²) in [6, 6.07) is 6.95. The smallest absolute Gasteiger partial charge is 0.230 e. The quantitative estimate of drug-likeness (QED) is 0.825. The molecule has 25 heavy (non-hydrogen) atoms. The molecule has 3 heteroatoms. The molecule has 0 spiro atoms. The number of fused-ring (bicyclic) bond motifs is 2. The highest BCUT2D eigenvalue weighted by Gasteiger charge is 2.62. The number of hydrogen-bond acceptors (Lipinski definition) is 1. The van der Waals surface area contributed by atoms with Gasteiger partial charge in [0, 0.05) is 6.04 Å². The van der Waals surface area contributed by atoms with Crippen LogP contribution in [0.4, 0.5) is 4.39 Å². The van der Waals surface area contributed by atoms with Gasteiger partial charge in [0.1, 0.15) is 5.82 Å². The molecule has 3 fully saturated rings. The van der Waals surface area contributed by atoms with E-state index in [4.69, 9.17) is 0 Å². The molecule has 3 atom stereocenters. The summed E-state index contributed by atoms with van der Waals surface area (Å²) in [7, 11) is 0. The first kappa shape index (κ1) is 17.1. The third-order valence-corrected chi connectivity index (χ3v) is 8.37. The van der Waals surface area contributed by atoms with Crippen molar-refractivity contribution in [3.05, 3.63) is 35.6 Å². The average molecular weight is 343 g/mol. The molecule has 1 amide bonds. The van der Waals surface area contributed by atoms with Gasteiger partial charge < -0.3 is 5.32 Å². The third-order valence-electron chi connectivity index (χ3n) is 8.37. The van der Waals surface area contributed by atoms with Crippen molar-refractivity contribution >= 4 is 5.91 Å². The maximum absolute atomic E-state index is 13.8. The predicted octanol–water partition coefficient (Wildman–Crippen LogP) is 4.97. The van der Waals surface area contributed by atoms with E-state index in [2.05, 4.69) is 26.1 Å². The number of rotatable bonds is 3. The number of nitrogens with one attached hydrogen (secondary N) is 1. The van der Waals surface area contributed by atoms with Gasteiger partial charge in [-0.05, 0) is 66.5 Å². The van der Waals surface area contributed by atoms with E-state index in [9.17, 15) is 9.18 Å². The van der Waals surface area contributed by atoms with Crippen LogP contribution in [-0.4, -0.2) is 11.9 Å². The Morgan fingerprint density at radius 3 is 2.44 bits per heavy atom. The van der Waals surface area contributed by atoms with Crippen LogP contribution in [0.25, 0.3) is 0 Å². The Labute approximate surface area is 150 Å². The molecule has 0 aromatic heterocycles. The van der Waals surface area contributed by atoms with Crippen LogP contribution in [0.5, 0.6) is 0 Å². The van der Waals surface area contributed by atoms with Crippen molar-refractivity contribution in [3.8, 4) is 0 Å². The molecule has 3 saturated carbocycles. The lowest BCUT2D eigenvalue weighted by Gasteiger charge is -2.41. The van der Waals surface area contributed by atoms with Crippen LogP contribution in [0.15, 0.2) is 24.3 Å². The van der Waals surface area contributed by atoms with Gasteiger partial charge >= 0.3 is 0 Å². The minimum atomic E-state index is -0.537. The molecule has 0 heterocycles. The fraction of sp³-hybridized carbons (Fsp3) is 0.682. The maximum atomic E-state index is 13.8. The molecule has 0 radical (unpaired) electrons. The Hall–Kier alpha value is -1.38. The molecule has 2 nitrogen and oxygen atoms in total. The maximum Gasteiger partial charge on any atom is 0.230 e. The van der Waals surface area contributed by atoms with Crippen LogP contribution < -0.4 is 5.32 Å². The zero-order valence-corrected chi connectivity index (χ0v) is 15.7. The summed E-state index contributed by atoms with van der Waals surface area (Å²) in [6.07, 6.45) is 7.32. The molecular weight excluding hydrogens is 313 g/mol. The largest absolute Gasteiger partial charge is 0.352 e. The van der Waals surface area contributed by atoms with E-state index in [1.54, 1.807) is 12.1 Å². The summed E-state index contributed by atoms with van der Waals surface area (Å²) < 4.78 is 13.8. The molecule has 0 saturated heterocycles. The first-order valence-corrected chi connectivity index (χ1v) is 9.87. The molecule has 3 aliphatic rings. The molecule has 4 rings (SSSR count). The lowest BCUT2D eigenvalue weighted by Crippen LogP contribution is -2.52. The molecular formula is C22H30FNO. The van der Waals surface area contributed by atoms with E-state index in [1.165, 1.54) is 18.9 Å². The number of carbonyl (C=O) groups excluding carboxylic acids is 1. The number of benzene rings is 1. The third kappa shape index (κ3) is 2.30. The van der Waals surface area contributed by atoms with E-state index in [-0.39, 0.29) is 28.6 Å². The Kier molecular flexibility index (Phi) is 3.79. The van der Waals surface area contributed by atoms with Gasteiger partial charge in [0.25, 0.3) is 0 Å². The molecule has 0 aliphatic heterocycles. The highest BCUT2D eigenvalue weighted by atomic mass is 19.1. The van der Waals surface area contributed by atoms with E-state index >= 15 is 0 Å². The fourth-order valence-corrected chi connectivity index (χ4v) is 6.13. The molecule has 1 aromatic rings. The van der Waals surface area contributed by atoms with Crippen molar-refractivity contribution in [1.29, 1.82) is 0 Å². The van der Waals surface area contributed by atoms with E-state index < -0.39 is 5.41 Å². The fourth-order valence-electron chi connectivity index (χ4n) is 6.13. The van der Waals surface area contributed by atoms with Gasteiger partial charge in [-0.1, -0.05) is 45.7 Å². The lowest BCUT2D eigenvalue weighted by molar-refractivity contribution is -0.128. The van der Waals surface area contributed by atoms with Crippen molar-refractivity contribution < 1.29 is 9.18 Å². The second kappa shape index (κ2) is 5.56. The van der Waals surface area contributed by atoms with E-state index in [0.717, 1.165) is 37.7 Å². The number of carbonyl (C=O) groups is 1. The topological polar surface area (TPSA) is 29.1 Å². The number of amides is 1. The van der Waals surface area contributed by atoms with Crippen LogP contribution in [0.1, 0.15) is 71.3 Å². The predicted molar refractivity (Wildman–Crippen MR) is 97.7 cm³/mol. The van der Waals surface area contributed by atoms with Crippen LogP contribution in [-0.2, 0) is 10.2 Å². The Balaban J connectivity index is 1.61. The Morgan fingerprint density at radius 1 is 1.16 bits per heavy atom. The van der Waals surface area contributed by atoms with Crippen LogP contribution in [0.2, 0.25) is 0 Å². The Morgan fingerprint density at radius 2 is 1.88 bits per heavy atom. The second-order valence-corrected chi connectivity index (χ2v) is 9.44. The van der Waals surface area contributed by atoms with Gasteiger partial charge in [-0.15, -0.1) is 0 Å². The van der Waals surface area contributed by atoms with Crippen molar-refractivity contribution in [2.45, 2.75) is 77.2 Å². The monoisotopic (exact) mass is 343 g/mol. The van der Waals surface area contributed by atoms with Gasteiger partial charge in [0.15, 0.2) is 0 Å². The van der Waals surface area contributed by atoms with Gasteiger partial charge in [-0.3, -0.25) is 4.79 Å². The highest BCUT2D eigenvalue weighted by molar-refractivity contribution is 5.89. The summed E-state index contributed by atoms with van der Waals surface area (Å²) >= 11 is 0. The van der Waals surface area contributed by atoms with Gasteiger partial charge in [0.2, 0.25) is 5.91 Å². The van der Waals surface area contributed by atoms with Gasteiger partial charge in [-0.25, -0.2) is 4.39 Å². The molecule has 2 bridgehead atoms. The lowest BCUT2D eigenvalue weighted by atomic mass is 9.68. The molecule has 1 aromatic carbocycles. The average Bonchev–Trinajstić information content (AvgIpc) is 3.19. The van der Waals surface area contributed by atoms with Gasteiger partial charge in [-0.2, -0.15) is 0 Å². The summed E-state index contributed by atoms with van der Waals surface area (Å²) in [6.45, 7) is 7.10. The van der Waals surface area contributed by atoms with Crippen LogP contribution in [0.3, 0.4) is 0 Å². The minimum absolute atomic E-state index is 0.130. The number of halogens is 1. The standard InChI is InChI=1S/C22H30FNO/c1-20(2)15-9-12-21(20,3)18(14-15)24-19(25)22(10-4-5-11-22)16-7-6-8-17(23)13-16/h6-8,13,15,18H,4-5,9-12,14H2,1-3H3,(H,24,25)/t15-,18-,21+/m1/s1. The summed E-state index contributed by atoms with van der Waals surface area (Å²) in [5, 5.41) is 3.45. The number of hydrogen-bond donors (Lipinski definition) is 1. The molecule has 0 unspecified atom stereocenters. The summed E-state index contributed by atoms with van der Waals surface area (Å²) in [5.74, 6) is 0.589. The molecule has 3 aliphatic carbocycles. The summed E-state index contributed by atoms with van der Waals surface area (Å²) in [5.41, 5.74) is 0.779. The normalized spacial score (nSPS) is 35.0.